The summed E-state index contributed by atoms with van der Waals surface area (Å²) in [4.78, 5) is 23.6. The number of nitrogens with zero attached hydrogens (tertiary/aromatic N) is 1. The molecule has 0 spiro atoms. The van der Waals surface area contributed by atoms with Gasteiger partial charge in [0, 0.05) is 33.1 Å². The molecule has 0 aromatic rings. The lowest BCUT2D eigenvalue weighted by atomic mass is 10.3. The van der Waals surface area contributed by atoms with Crippen molar-refractivity contribution >= 4 is 11.9 Å². The van der Waals surface area contributed by atoms with Crippen LogP contribution in [0.3, 0.4) is 0 Å². The van der Waals surface area contributed by atoms with E-state index < -0.39 is 0 Å². The lowest BCUT2D eigenvalue weighted by molar-refractivity contribution is -0.127. The maximum Gasteiger partial charge on any atom is 0.314 e. The molecule has 74 valence electrons. The van der Waals surface area contributed by atoms with E-state index in [1.807, 2.05) is 0 Å². The van der Waals surface area contributed by atoms with Gasteiger partial charge in [0.25, 0.3) is 0 Å². The topological polar surface area (TPSA) is 61.4 Å². The van der Waals surface area contributed by atoms with Crippen LogP contribution >= 0.6 is 0 Å². The molecular weight excluding hydrogens is 170 g/mol. The smallest absolute Gasteiger partial charge is 0.314 e. The first-order chi connectivity index (χ1) is 6.13. The molecule has 5 heteroatoms. The Hall–Kier alpha value is -1.26. The molecule has 0 saturated carbocycles. The van der Waals surface area contributed by atoms with Crippen LogP contribution in [0.15, 0.2) is 0 Å². The monoisotopic (exact) mass is 185 g/mol. The summed E-state index contributed by atoms with van der Waals surface area (Å²) in [5.41, 5.74) is 0. The molecule has 1 rings (SSSR count). The molecule has 3 amide bonds. The average Bonchev–Trinajstić information content (AvgIpc) is 2.52. The summed E-state index contributed by atoms with van der Waals surface area (Å²) in [6, 6.07) is -0.0840. The van der Waals surface area contributed by atoms with Crippen molar-refractivity contribution in [3.63, 3.8) is 0 Å². The van der Waals surface area contributed by atoms with Gasteiger partial charge in [0.1, 0.15) is 0 Å². The molecule has 5 nitrogen and oxygen atoms in total. The summed E-state index contributed by atoms with van der Waals surface area (Å²) in [6.45, 7) is 2.91. The van der Waals surface area contributed by atoms with Gasteiger partial charge in [0.05, 0.1) is 0 Å². The largest absolute Gasteiger partial charge is 0.341 e. The number of carbonyl (C=O) groups is 2. The van der Waals surface area contributed by atoms with Crippen LogP contribution in [0.1, 0.15) is 13.3 Å². The Balaban J connectivity index is 2.33. The van der Waals surface area contributed by atoms with Gasteiger partial charge in [0.2, 0.25) is 5.91 Å². The van der Waals surface area contributed by atoms with Gasteiger partial charge in [-0.15, -0.1) is 0 Å². The second-order valence-corrected chi connectivity index (χ2v) is 3.17. The summed E-state index contributed by atoms with van der Waals surface area (Å²) in [6.07, 6.45) is 0.840. The lowest BCUT2D eigenvalue weighted by Crippen LogP contribution is -2.42. The second kappa shape index (κ2) is 4.11. The minimum absolute atomic E-state index is 0.0706. The van der Waals surface area contributed by atoms with Crippen molar-refractivity contribution < 1.29 is 9.59 Å². The Kier molecular flexibility index (Phi) is 3.11. The van der Waals surface area contributed by atoms with E-state index >= 15 is 0 Å². The molecule has 1 heterocycles. The number of nitrogens with one attached hydrogen (secondary N) is 2. The maximum absolute atomic E-state index is 10.9. The van der Waals surface area contributed by atoms with Gasteiger partial charge in [-0.25, -0.2) is 4.79 Å². The Morgan fingerprint density at radius 3 is 2.62 bits per heavy atom. The highest BCUT2D eigenvalue weighted by atomic mass is 16.2. The number of hydrogen-bond donors (Lipinski definition) is 2. The standard InChI is InChI=1S/C8H15N3O2/c1-6(12)11-4-3-7(5-11)10-8(13)9-2/h7H,3-5H2,1-2H3,(H2,9,10,13). The maximum atomic E-state index is 10.9. The van der Waals surface area contributed by atoms with Crippen LogP contribution in [0, 0.1) is 0 Å². The third kappa shape index (κ3) is 2.61. The Morgan fingerprint density at radius 2 is 2.15 bits per heavy atom. The summed E-state index contributed by atoms with van der Waals surface area (Å²) in [5, 5.41) is 5.25. The van der Waals surface area contributed by atoms with E-state index in [4.69, 9.17) is 0 Å². The molecule has 1 unspecified atom stereocenters. The zero-order chi connectivity index (χ0) is 9.84. The van der Waals surface area contributed by atoms with Gasteiger partial charge >= 0.3 is 6.03 Å². The van der Waals surface area contributed by atoms with E-state index in [0.29, 0.717) is 6.54 Å². The molecule has 1 saturated heterocycles. The molecule has 1 aliphatic heterocycles. The van der Waals surface area contributed by atoms with Crippen molar-refractivity contribution in [3.05, 3.63) is 0 Å². The van der Waals surface area contributed by atoms with Gasteiger partial charge < -0.3 is 15.5 Å². The fraction of sp³-hybridized carbons (Fsp3) is 0.750. The highest BCUT2D eigenvalue weighted by Gasteiger charge is 2.24. The molecule has 1 fully saturated rings. The quantitative estimate of drug-likeness (QED) is 0.580. The second-order valence-electron chi connectivity index (χ2n) is 3.17. The first-order valence-corrected chi connectivity index (χ1v) is 4.37. The summed E-state index contributed by atoms with van der Waals surface area (Å²) in [7, 11) is 1.58. The van der Waals surface area contributed by atoms with Gasteiger partial charge in [0.15, 0.2) is 0 Å². The van der Waals surface area contributed by atoms with Crippen LogP contribution in [0.5, 0.6) is 0 Å². The number of likely N-dealkylation sites (tertiary alicyclic amines) is 1. The third-order valence-corrected chi connectivity index (χ3v) is 2.20. The molecule has 0 aromatic carbocycles. The van der Waals surface area contributed by atoms with E-state index in [1.165, 1.54) is 0 Å². The van der Waals surface area contributed by atoms with E-state index in [2.05, 4.69) is 10.6 Å². The zero-order valence-electron chi connectivity index (χ0n) is 7.96. The number of hydrogen-bond acceptors (Lipinski definition) is 2. The van der Waals surface area contributed by atoms with Crippen molar-refractivity contribution in [2.45, 2.75) is 19.4 Å². The molecule has 2 N–H and O–H groups in total. The third-order valence-electron chi connectivity index (χ3n) is 2.20. The zero-order valence-corrected chi connectivity index (χ0v) is 7.96. The molecule has 1 aliphatic rings. The summed E-state index contributed by atoms with van der Waals surface area (Å²) >= 11 is 0. The predicted molar refractivity (Wildman–Crippen MR) is 48.3 cm³/mol. The number of carbonyl (C=O) groups excluding carboxylic acids is 2. The number of rotatable bonds is 1. The Bertz CT molecular complexity index is 217. The first kappa shape index (κ1) is 9.83. The first-order valence-electron chi connectivity index (χ1n) is 4.37. The van der Waals surface area contributed by atoms with Crippen molar-refractivity contribution in [1.82, 2.24) is 15.5 Å². The van der Waals surface area contributed by atoms with Crippen LogP contribution in [-0.4, -0.2) is 43.0 Å². The minimum atomic E-state index is -0.185. The van der Waals surface area contributed by atoms with Crippen LogP contribution in [0.25, 0.3) is 0 Å². The average molecular weight is 185 g/mol. The molecule has 0 bridgehead atoms. The normalized spacial score (nSPS) is 21.4. The van der Waals surface area contributed by atoms with Gasteiger partial charge in [-0.05, 0) is 6.42 Å². The van der Waals surface area contributed by atoms with Crippen LogP contribution in [0.2, 0.25) is 0 Å². The number of urea groups is 1. The van der Waals surface area contributed by atoms with Gasteiger partial charge in [-0.2, -0.15) is 0 Å². The Morgan fingerprint density at radius 1 is 1.46 bits per heavy atom. The van der Waals surface area contributed by atoms with Gasteiger partial charge in [-0.3, -0.25) is 4.79 Å². The molecule has 13 heavy (non-hydrogen) atoms. The Labute approximate surface area is 77.5 Å². The fourth-order valence-corrected chi connectivity index (χ4v) is 1.42. The molecule has 1 atom stereocenters. The van der Waals surface area contributed by atoms with E-state index in [-0.39, 0.29) is 18.0 Å². The van der Waals surface area contributed by atoms with Crippen molar-refractivity contribution in [1.29, 1.82) is 0 Å². The number of amides is 3. The predicted octanol–water partition coefficient (Wildman–Crippen LogP) is -0.464. The fourth-order valence-electron chi connectivity index (χ4n) is 1.42. The summed E-state index contributed by atoms with van der Waals surface area (Å²) in [5.74, 6) is 0.0706. The van der Waals surface area contributed by atoms with Crippen LogP contribution in [-0.2, 0) is 4.79 Å². The molecule has 0 aromatic heterocycles. The van der Waals surface area contributed by atoms with Crippen molar-refractivity contribution in [3.8, 4) is 0 Å². The van der Waals surface area contributed by atoms with E-state index in [0.717, 1.165) is 13.0 Å². The van der Waals surface area contributed by atoms with E-state index in [1.54, 1.807) is 18.9 Å². The minimum Gasteiger partial charge on any atom is -0.341 e. The highest BCUT2D eigenvalue weighted by molar-refractivity contribution is 5.75. The molecular formula is C8H15N3O2. The van der Waals surface area contributed by atoms with Crippen LogP contribution < -0.4 is 10.6 Å². The van der Waals surface area contributed by atoms with Gasteiger partial charge in [-0.1, -0.05) is 0 Å². The van der Waals surface area contributed by atoms with Crippen molar-refractivity contribution in [2.75, 3.05) is 20.1 Å². The van der Waals surface area contributed by atoms with Crippen LogP contribution in [0.4, 0.5) is 4.79 Å². The molecule has 0 aliphatic carbocycles. The lowest BCUT2D eigenvalue weighted by Gasteiger charge is -2.14. The van der Waals surface area contributed by atoms with E-state index in [9.17, 15) is 9.59 Å². The summed E-state index contributed by atoms with van der Waals surface area (Å²) < 4.78 is 0. The SMILES string of the molecule is CNC(=O)NC1CCN(C(C)=O)C1. The highest BCUT2D eigenvalue weighted by Crippen LogP contribution is 2.08. The van der Waals surface area contributed by atoms with Crippen molar-refractivity contribution in [2.24, 2.45) is 0 Å². The molecule has 0 radical (unpaired) electrons.